The zero-order chi connectivity index (χ0) is 31.5. The fourth-order valence-electron chi connectivity index (χ4n) is 7.03. The molecular weight excluding hydrogens is 600 g/mol. The fourth-order valence-corrected chi connectivity index (χ4v) is 7.16. The zero-order valence-corrected chi connectivity index (χ0v) is 24.7. The molecule has 0 spiro atoms. The molecule has 5 aromatic rings. The quantitative estimate of drug-likeness (QED) is 0.293. The lowest BCUT2D eigenvalue weighted by atomic mass is 9.65. The van der Waals surface area contributed by atoms with Crippen LogP contribution in [0.1, 0.15) is 19.9 Å². The van der Waals surface area contributed by atoms with Crippen molar-refractivity contribution in [3.05, 3.63) is 144 Å². The number of nitrogens with one attached hydrogen (secondary N) is 1. The van der Waals surface area contributed by atoms with Gasteiger partial charge in [0.2, 0.25) is 11.7 Å². The van der Waals surface area contributed by atoms with E-state index in [1.165, 1.54) is 9.36 Å². The molecule has 3 aromatic carbocycles. The molecule has 2 bridgehead atoms. The molecule has 13 nitrogen and oxygen atoms in total. The molecule has 0 amide bonds. The lowest BCUT2D eigenvalue weighted by Gasteiger charge is -2.61. The minimum absolute atomic E-state index is 0.166. The van der Waals surface area contributed by atoms with E-state index in [1.54, 1.807) is 111 Å². The number of nitrogens with zero attached hydrogens (tertiary/aromatic N) is 7. The fraction of sp³-hybridized carbons (Fsp3) is 0.194. The smallest absolute Gasteiger partial charge is 0.359 e. The molecule has 4 atom stereocenters. The topological polar surface area (TPSA) is 142 Å². The highest BCUT2D eigenvalue weighted by Gasteiger charge is 2.73. The monoisotopic (exact) mass is 624 g/mol. The number of benzene rings is 3. The van der Waals surface area contributed by atoms with Gasteiger partial charge in [-0.1, -0.05) is 60.2 Å². The summed E-state index contributed by atoms with van der Waals surface area (Å²) in [6.45, 7) is 3.13. The van der Waals surface area contributed by atoms with Gasteiger partial charge in [-0.15, -0.1) is 0 Å². The first-order chi connectivity index (χ1) is 21.5. The van der Waals surface area contributed by atoms with E-state index in [9.17, 15) is 24.3 Å². The van der Waals surface area contributed by atoms with Gasteiger partial charge in [0.25, 0.3) is 0 Å². The Morgan fingerprint density at radius 3 is 1.91 bits per heavy atom. The number of fused-ring (bicyclic) bond motifs is 1. The van der Waals surface area contributed by atoms with Crippen LogP contribution < -0.4 is 28.1 Å². The second kappa shape index (κ2) is 8.83. The predicted octanol–water partition coefficient (Wildman–Crippen LogP) is 1.84. The van der Waals surface area contributed by atoms with Gasteiger partial charge in [0, 0.05) is 10.7 Å². The number of allylic oxidation sites excluding steroid dienone is 1. The van der Waals surface area contributed by atoms with Gasteiger partial charge in [0.05, 0.1) is 11.4 Å². The average molecular weight is 625 g/mol. The Balaban J connectivity index is 1.47. The maximum absolute atomic E-state index is 14.5. The van der Waals surface area contributed by atoms with E-state index >= 15 is 0 Å². The van der Waals surface area contributed by atoms with Crippen LogP contribution in [0, 0.1) is 0 Å². The van der Waals surface area contributed by atoms with Crippen LogP contribution in [0.2, 0.25) is 5.02 Å². The van der Waals surface area contributed by atoms with Crippen LogP contribution >= 0.6 is 11.6 Å². The number of aliphatic imine (C=N–C) groups is 1. The van der Waals surface area contributed by atoms with Crippen molar-refractivity contribution in [2.45, 2.75) is 36.7 Å². The first-order valence-electron chi connectivity index (χ1n) is 14.1. The highest BCUT2D eigenvalue weighted by molar-refractivity contribution is 6.30. The minimum atomic E-state index is -2.27. The second-order valence-electron chi connectivity index (χ2n) is 11.6. The van der Waals surface area contributed by atoms with Crippen molar-refractivity contribution in [1.82, 2.24) is 27.9 Å². The molecule has 2 unspecified atom stereocenters. The molecule has 0 radical (unpaired) electrons. The summed E-state index contributed by atoms with van der Waals surface area (Å²) < 4.78 is 6.63. The summed E-state index contributed by atoms with van der Waals surface area (Å²) >= 11 is 6.10. The van der Waals surface area contributed by atoms with E-state index in [1.807, 2.05) is 0 Å². The Morgan fingerprint density at radius 2 is 1.31 bits per heavy atom. The minimum Gasteiger partial charge on any atom is -0.365 e. The molecular formula is C31H25ClN8O5. The number of aromatic nitrogens is 6. The van der Waals surface area contributed by atoms with Crippen LogP contribution in [0.15, 0.2) is 121 Å². The summed E-state index contributed by atoms with van der Waals surface area (Å²) in [5.41, 5.74) is -7.54. The Hall–Kier alpha value is -5.40. The SMILES string of the molecule is CC12[C@H]3C=C[C@](C)(n4c(=O)n(-c5ccccc5)c(=O)n43)C1(O)N=C(Nc1ccc(Cl)cc1)n1c(=O)n(-c3ccccc3)c(=O)n12. The van der Waals surface area contributed by atoms with Crippen LogP contribution in [0.4, 0.5) is 5.69 Å². The van der Waals surface area contributed by atoms with Gasteiger partial charge < -0.3 is 10.4 Å². The zero-order valence-electron chi connectivity index (χ0n) is 23.9. The van der Waals surface area contributed by atoms with E-state index in [-0.39, 0.29) is 5.96 Å². The van der Waals surface area contributed by atoms with Crippen LogP contribution in [0.5, 0.6) is 0 Å². The number of rotatable bonds is 3. The first-order valence-corrected chi connectivity index (χ1v) is 14.5. The molecule has 0 saturated carbocycles. The van der Waals surface area contributed by atoms with Crippen LogP contribution in [-0.2, 0) is 11.1 Å². The normalized spacial score (nSPS) is 25.8. The molecule has 5 heterocycles. The van der Waals surface area contributed by atoms with Gasteiger partial charge in [0.1, 0.15) is 17.1 Å². The van der Waals surface area contributed by atoms with Gasteiger partial charge in [-0.25, -0.2) is 47.4 Å². The molecule has 1 aliphatic carbocycles. The maximum atomic E-state index is 14.5. The number of para-hydroxylation sites is 2. The maximum Gasteiger partial charge on any atom is 0.359 e. The third-order valence-corrected chi connectivity index (χ3v) is 9.50. The van der Waals surface area contributed by atoms with E-state index in [4.69, 9.17) is 16.6 Å². The largest absolute Gasteiger partial charge is 0.365 e. The predicted molar refractivity (Wildman–Crippen MR) is 167 cm³/mol. The number of hydrogen-bond donors (Lipinski definition) is 2. The Labute approximate surface area is 258 Å². The molecule has 9 rings (SSSR count). The van der Waals surface area contributed by atoms with Crippen molar-refractivity contribution >= 4 is 23.2 Å². The summed E-state index contributed by atoms with van der Waals surface area (Å²) in [6.07, 6.45) is 3.28. The van der Waals surface area contributed by atoms with E-state index in [0.717, 1.165) is 18.5 Å². The summed E-state index contributed by atoms with van der Waals surface area (Å²) in [4.78, 5) is 61.6. The molecule has 0 fully saturated rings. The van der Waals surface area contributed by atoms with Crippen molar-refractivity contribution in [3.63, 3.8) is 0 Å². The van der Waals surface area contributed by atoms with Crippen molar-refractivity contribution < 1.29 is 5.11 Å². The van der Waals surface area contributed by atoms with Crippen molar-refractivity contribution in [1.29, 1.82) is 0 Å². The van der Waals surface area contributed by atoms with Crippen molar-refractivity contribution in [2.75, 3.05) is 5.32 Å². The number of hydrogen-bond acceptors (Lipinski definition) is 7. The Kier molecular flexibility index (Phi) is 5.33. The average Bonchev–Trinajstić information content (AvgIpc) is 3.46. The van der Waals surface area contributed by atoms with Gasteiger partial charge in [0.15, 0.2) is 0 Å². The summed E-state index contributed by atoms with van der Waals surface area (Å²) in [5, 5.41) is 16.5. The van der Waals surface area contributed by atoms with E-state index in [2.05, 4.69) is 5.32 Å². The lowest BCUT2D eigenvalue weighted by Crippen LogP contribution is -2.79. The lowest BCUT2D eigenvalue weighted by molar-refractivity contribution is -0.192. The van der Waals surface area contributed by atoms with Crippen LogP contribution in [-0.4, -0.2) is 44.7 Å². The van der Waals surface area contributed by atoms with Crippen LogP contribution in [0.25, 0.3) is 11.4 Å². The summed E-state index contributed by atoms with van der Waals surface area (Å²) in [7, 11) is 0. The molecule has 4 aliphatic rings. The molecule has 2 aromatic heterocycles. The number of anilines is 1. The molecule has 226 valence electrons. The molecule has 14 heteroatoms. The second-order valence-corrected chi connectivity index (χ2v) is 12.0. The van der Waals surface area contributed by atoms with Crippen molar-refractivity contribution in [2.24, 2.45) is 4.99 Å². The third-order valence-electron chi connectivity index (χ3n) is 9.25. The number of aliphatic hydroxyl groups is 1. The first kappa shape index (κ1) is 27.2. The molecule has 2 N–H and O–H groups in total. The molecule has 0 saturated heterocycles. The van der Waals surface area contributed by atoms with Crippen molar-refractivity contribution in [3.8, 4) is 11.4 Å². The summed E-state index contributed by atoms with van der Waals surface area (Å²) in [6, 6.07) is 22.3. The van der Waals surface area contributed by atoms with E-state index < -0.39 is 45.6 Å². The van der Waals surface area contributed by atoms with E-state index in [0.29, 0.717) is 22.1 Å². The van der Waals surface area contributed by atoms with Crippen LogP contribution in [0.3, 0.4) is 0 Å². The third kappa shape index (κ3) is 3.18. The van der Waals surface area contributed by atoms with Gasteiger partial charge in [-0.2, -0.15) is 4.68 Å². The Morgan fingerprint density at radius 1 is 0.756 bits per heavy atom. The van der Waals surface area contributed by atoms with Gasteiger partial charge in [-0.05, 0) is 62.4 Å². The number of halogens is 1. The Bertz CT molecular complexity index is 2350. The van der Waals surface area contributed by atoms with Gasteiger partial charge in [-0.3, -0.25) is 0 Å². The summed E-state index contributed by atoms with van der Waals surface area (Å²) in [5.74, 6) is -0.166. The standard InChI is InChI=1S/C31H25ClN8O5/c1-29-18-17-23(37-25(41)35(27(43)39(29)37)21-9-5-3-6-10-21)30(2)31(29,45)34-24(33-20-15-13-19(32)14-16-20)38-26(42)36(28(44)40(30)38)22-11-7-4-8-12-22/h3-18,23,45H,1-2H3,(H,33,34)/t23-,29+,30?,31?/m1/s1. The molecule has 3 aliphatic heterocycles. The molecule has 45 heavy (non-hydrogen) atoms. The van der Waals surface area contributed by atoms with Gasteiger partial charge >= 0.3 is 22.8 Å². The highest BCUT2D eigenvalue weighted by Crippen LogP contribution is 2.57. The highest BCUT2D eigenvalue weighted by atomic mass is 35.5.